The first-order valence-electron chi connectivity index (χ1n) is 6.07. The number of halogens is 1. The van der Waals surface area contributed by atoms with E-state index in [9.17, 15) is 5.11 Å². The molecule has 1 unspecified atom stereocenters. The van der Waals surface area contributed by atoms with Gasteiger partial charge in [-0.2, -0.15) is 0 Å². The lowest BCUT2D eigenvalue weighted by Crippen LogP contribution is -2.07. The number of fused-ring (bicyclic) bond motifs is 1. The number of nitrogens with zero attached hydrogens (tertiary/aromatic N) is 2. The molecule has 0 saturated heterocycles. The summed E-state index contributed by atoms with van der Waals surface area (Å²) in [6, 6.07) is 15.1. The standard InChI is InChI=1S/C15H13ClN2O/c16-12-7-5-11(6-8-12)15(19)9-18-10-17-13-3-1-2-4-14(13)18/h1-8,10,15,19H,9H2. The molecule has 1 aromatic heterocycles. The van der Waals surface area contributed by atoms with Crippen LogP contribution in [0.1, 0.15) is 11.7 Å². The van der Waals surface area contributed by atoms with Gasteiger partial charge in [0.05, 0.1) is 30.0 Å². The van der Waals surface area contributed by atoms with Gasteiger partial charge in [0.1, 0.15) is 0 Å². The maximum absolute atomic E-state index is 10.3. The van der Waals surface area contributed by atoms with Crippen LogP contribution in [0.15, 0.2) is 54.9 Å². The zero-order chi connectivity index (χ0) is 13.2. The molecule has 0 fully saturated rings. The number of aliphatic hydroxyl groups is 1. The molecule has 3 nitrogen and oxygen atoms in total. The van der Waals surface area contributed by atoms with Crippen molar-refractivity contribution in [3.8, 4) is 0 Å². The first-order chi connectivity index (χ1) is 9.24. The van der Waals surface area contributed by atoms with Crippen molar-refractivity contribution in [3.05, 3.63) is 65.4 Å². The Bertz CT molecular complexity index is 691. The van der Waals surface area contributed by atoms with Crippen molar-refractivity contribution in [2.75, 3.05) is 0 Å². The monoisotopic (exact) mass is 272 g/mol. The van der Waals surface area contributed by atoms with Crippen LogP contribution in [0.4, 0.5) is 0 Å². The predicted molar refractivity (Wildman–Crippen MR) is 76.1 cm³/mol. The number of para-hydroxylation sites is 2. The van der Waals surface area contributed by atoms with E-state index in [1.54, 1.807) is 18.5 Å². The Labute approximate surface area is 116 Å². The number of rotatable bonds is 3. The van der Waals surface area contributed by atoms with E-state index in [4.69, 9.17) is 11.6 Å². The predicted octanol–water partition coefficient (Wildman–Crippen LogP) is 3.42. The van der Waals surface area contributed by atoms with Crippen LogP contribution in [-0.2, 0) is 6.54 Å². The third-order valence-corrected chi connectivity index (χ3v) is 3.40. The van der Waals surface area contributed by atoms with E-state index in [1.165, 1.54) is 0 Å². The maximum Gasteiger partial charge on any atom is 0.0969 e. The van der Waals surface area contributed by atoms with Crippen LogP contribution in [0, 0.1) is 0 Å². The minimum atomic E-state index is -0.574. The van der Waals surface area contributed by atoms with Crippen molar-refractivity contribution in [1.29, 1.82) is 0 Å². The second-order valence-corrected chi connectivity index (χ2v) is 4.89. The van der Waals surface area contributed by atoms with E-state index in [-0.39, 0.29) is 0 Å². The van der Waals surface area contributed by atoms with E-state index in [1.807, 2.05) is 41.0 Å². The zero-order valence-electron chi connectivity index (χ0n) is 10.2. The normalized spacial score (nSPS) is 12.7. The lowest BCUT2D eigenvalue weighted by molar-refractivity contribution is 0.158. The average Bonchev–Trinajstić information content (AvgIpc) is 2.83. The molecule has 1 N–H and O–H groups in total. The summed E-state index contributed by atoms with van der Waals surface area (Å²) >= 11 is 5.84. The molecule has 1 heterocycles. The van der Waals surface area contributed by atoms with E-state index < -0.39 is 6.10 Å². The molecule has 1 atom stereocenters. The van der Waals surface area contributed by atoms with Crippen LogP contribution in [0.2, 0.25) is 5.02 Å². The molecule has 4 heteroatoms. The fourth-order valence-corrected chi connectivity index (χ4v) is 2.26. The van der Waals surface area contributed by atoms with Gasteiger partial charge >= 0.3 is 0 Å². The highest BCUT2D eigenvalue weighted by atomic mass is 35.5. The molecule has 3 rings (SSSR count). The van der Waals surface area contributed by atoms with Gasteiger partial charge in [0, 0.05) is 5.02 Å². The minimum absolute atomic E-state index is 0.474. The molecule has 0 aliphatic carbocycles. The SMILES string of the molecule is OC(Cn1cnc2ccccc21)c1ccc(Cl)cc1. The zero-order valence-corrected chi connectivity index (χ0v) is 11.0. The molecule has 19 heavy (non-hydrogen) atoms. The second-order valence-electron chi connectivity index (χ2n) is 4.45. The van der Waals surface area contributed by atoms with Crippen molar-refractivity contribution < 1.29 is 5.11 Å². The number of hydrogen-bond acceptors (Lipinski definition) is 2. The van der Waals surface area contributed by atoms with Gasteiger partial charge < -0.3 is 9.67 Å². The van der Waals surface area contributed by atoms with Crippen molar-refractivity contribution in [3.63, 3.8) is 0 Å². The number of aromatic nitrogens is 2. The number of aliphatic hydroxyl groups excluding tert-OH is 1. The molecule has 0 spiro atoms. The third-order valence-electron chi connectivity index (χ3n) is 3.15. The summed E-state index contributed by atoms with van der Waals surface area (Å²) in [4.78, 5) is 4.31. The summed E-state index contributed by atoms with van der Waals surface area (Å²) < 4.78 is 1.95. The second kappa shape index (κ2) is 5.03. The fourth-order valence-electron chi connectivity index (χ4n) is 2.13. The summed E-state index contributed by atoms with van der Waals surface area (Å²) in [5.74, 6) is 0. The Balaban J connectivity index is 1.86. The highest BCUT2D eigenvalue weighted by Crippen LogP contribution is 2.20. The summed E-state index contributed by atoms with van der Waals surface area (Å²) in [5.41, 5.74) is 2.81. The Hall–Kier alpha value is -1.84. The molecule has 0 aliphatic rings. The Morgan fingerprint density at radius 3 is 2.63 bits per heavy atom. The van der Waals surface area contributed by atoms with Crippen LogP contribution in [0.3, 0.4) is 0 Å². The molecular weight excluding hydrogens is 260 g/mol. The molecule has 96 valence electrons. The first kappa shape index (κ1) is 12.2. The number of hydrogen-bond donors (Lipinski definition) is 1. The van der Waals surface area contributed by atoms with E-state index in [0.29, 0.717) is 11.6 Å². The maximum atomic E-state index is 10.3. The van der Waals surface area contributed by atoms with E-state index >= 15 is 0 Å². The molecule has 0 bridgehead atoms. The van der Waals surface area contributed by atoms with Gasteiger partial charge in [-0.1, -0.05) is 35.9 Å². The van der Waals surface area contributed by atoms with Gasteiger partial charge in [0.15, 0.2) is 0 Å². The van der Waals surface area contributed by atoms with Gasteiger partial charge in [0.25, 0.3) is 0 Å². The Morgan fingerprint density at radius 1 is 1.11 bits per heavy atom. The molecule has 3 aromatic rings. The fraction of sp³-hybridized carbons (Fsp3) is 0.133. The number of benzene rings is 2. The van der Waals surface area contributed by atoms with Crippen LogP contribution < -0.4 is 0 Å². The molecule has 0 saturated carbocycles. The van der Waals surface area contributed by atoms with Gasteiger partial charge in [-0.3, -0.25) is 0 Å². The summed E-state index contributed by atoms with van der Waals surface area (Å²) in [6.45, 7) is 0.474. The van der Waals surface area contributed by atoms with Gasteiger partial charge in [-0.05, 0) is 29.8 Å². The molecule has 0 radical (unpaired) electrons. The van der Waals surface area contributed by atoms with Crippen molar-refractivity contribution in [1.82, 2.24) is 9.55 Å². The molecule has 0 amide bonds. The van der Waals surface area contributed by atoms with Crippen LogP contribution in [0.5, 0.6) is 0 Å². The van der Waals surface area contributed by atoms with Crippen LogP contribution >= 0.6 is 11.6 Å². The van der Waals surface area contributed by atoms with E-state index in [2.05, 4.69) is 4.98 Å². The summed E-state index contributed by atoms with van der Waals surface area (Å²) in [5, 5.41) is 10.9. The topological polar surface area (TPSA) is 38.0 Å². The van der Waals surface area contributed by atoms with Gasteiger partial charge in [-0.15, -0.1) is 0 Å². The van der Waals surface area contributed by atoms with Crippen molar-refractivity contribution in [2.45, 2.75) is 12.6 Å². The van der Waals surface area contributed by atoms with Crippen LogP contribution in [-0.4, -0.2) is 14.7 Å². The lowest BCUT2D eigenvalue weighted by Gasteiger charge is -2.12. The number of imidazole rings is 1. The summed E-state index contributed by atoms with van der Waals surface area (Å²) in [7, 11) is 0. The largest absolute Gasteiger partial charge is 0.387 e. The third kappa shape index (κ3) is 2.48. The smallest absolute Gasteiger partial charge is 0.0969 e. The lowest BCUT2D eigenvalue weighted by atomic mass is 10.1. The van der Waals surface area contributed by atoms with Gasteiger partial charge in [0.2, 0.25) is 0 Å². The average molecular weight is 273 g/mol. The van der Waals surface area contributed by atoms with Crippen molar-refractivity contribution >= 4 is 22.6 Å². The van der Waals surface area contributed by atoms with Crippen LogP contribution in [0.25, 0.3) is 11.0 Å². The quantitative estimate of drug-likeness (QED) is 0.793. The van der Waals surface area contributed by atoms with Crippen molar-refractivity contribution in [2.24, 2.45) is 0 Å². The minimum Gasteiger partial charge on any atom is -0.387 e. The summed E-state index contributed by atoms with van der Waals surface area (Å²) in [6.07, 6.45) is 1.18. The molecular formula is C15H13ClN2O. The molecule has 0 aliphatic heterocycles. The highest BCUT2D eigenvalue weighted by molar-refractivity contribution is 6.30. The molecule has 2 aromatic carbocycles. The van der Waals surface area contributed by atoms with E-state index in [0.717, 1.165) is 16.6 Å². The van der Waals surface area contributed by atoms with Gasteiger partial charge in [-0.25, -0.2) is 4.98 Å². The Kier molecular flexibility index (Phi) is 3.23. The Morgan fingerprint density at radius 2 is 1.84 bits per heavy atom. The first-order valence-corrected chi connectivity index (χ1v) is 6.45. The highest BCUT2D eigenvalue weighted by Gasteiger charge is 2.10.